The maximum Gasteiger partial charge on any atom is 0.0466 e. The molecule has 0 radical (unpaired) electrons. The maximum absolute atomic E-state index is 6.24. The van der Waals surface area contributed by atoms with Gasteiger partial charge in [0.15, 0.2) is 0 Å². The lowest BCUT2D eigenvalue weighted by molar-refractivity contribution is 0.125. The third kappa shape index (κ3) is 60.4. The second-order valence-corrected chi connectivity index (χ2v) is 23.8. The molecule has 0 aromatic rings. The van der Waals surface area contributed by atoms with Crippen molar-refractivity contribution in [2.75, 3.05) is 13.2 Å². The van der Waals surface area contributed by atoms with Crippen LogP contribution in [0.1, 0.15) is 413 Å². The van der Waals surface area contributed by atoms with Crippen LogP contribution in [0.5, 0.6) is 0 Å². The lowest BCUT2D eigenvalue weighted by atomic mass is 9.89. The summed E-state index contributed by atoms with van der Waals surface area (Å²) in [5.41, 5.74) is 0. The summed E-state index contributed by atoms with van der Waals surface area (Å²) >= 11 is 0. The van der Waals surface area contributed by atoms with Gasteiger partial charge < -0.3 is 4.74 Å². The molecule has 1 heteroatoms. The van der Waals surface area contributed by atoms with Crippen molar-refractivity contribution in [3.05, 3.63) is 0 Å². The van der Waals surface area contributed by atoms with Crippen molar-refractivity contribution < 1.29 is 4.74 Å². The predicted molar refractivity (Wildman–Crippen MR) is 318 cm³/mol. The average Bonchev–Trinajstić information content (AvgIpc) is 3.36. The highest BCUT2D eigenvalue weighted by Gasteiger charge is 2.11. The zero-order valence-corrected chi connectivity index (χ0v) is 49.4. The van der Waals surface area contributed by atoms with Gasteiger partial charge in [0.05, 0.1) is 0 Å². The van der Waals surface area contributed by atoms with Gasteiger partial charge in [0, 0.05) is 13.2 Å². The molecule has 416 valence electrons. The molecule has 0 amide bonds. The van der Waals surface area contributed by atoms with Gasteiger partial charge >= 0.3 is 0 Å². The zero-order chi connectivity index (χ0) is 49.7. The van der Waals surface area contributed by atoms with Gasteiger partial charge in [-0.15, -0.1) is 0 Å². The molecule has 2 atom stereocenters. The van der Waals surface area contributed by atoms with Crippen molar-refractivity contribution in [3.8, 4) is 0 Å². The van der Waals surface area contributed by atoms with Crippen molar-refractivity contribution in [1.82, 2.24) is 0 Å². The standard InChI is InChI=1S/C68H138O/c1-5-9-13-17-21-25-29-31-33-35-39-43-47-53-61-67(59-51-45-41-37-27-23-19-15-11-7-3)63-55-49-57-65-69-66-58-50-56-64-68(60-52-46-42-38-28-24-20-16-12-8-4)62-54-48-44-40-36-34-32-30-26-22-18-14-10-6-2/h67-68H,5-66H2,1-4H3. The zero-order valence-electron chi connectivity index (χ0n) is 49.4. The fourth-order valence-electron chi connectivity index (χ4n) is 11.7. The Hall–Kier alpha value is -0.0400. The van der Waals surface area contributed by atoms with E-state index < -0.39 is 0 Å². The average molecular weight is 972 g/mol. The van der Waals surface area contributed by atoms with Crippen molar-refractivity contribution in [2.45, 2.75) is 413 Å². The fourth-order valence-corrected chi connectivity index (χ4v) is 11.7. The quantitative estimate of drug-likeness (QED) is 0.0552. The normalized spacial score (nSPS) is 12.7. The van der Waals surface area contributed by atoms with Crippen LogP contribution in [0.25, 0.3) is 0 Å². The van der Waals surface area contributed by atoms with Gasteiger partial charge in [-0.1, -0.05) is 400 Å². The third-order valence-corrected chi connectivity index (χ3v) is 16.7. The Bertz CT molecular complexity index is 783. The summed E-state index contributed by atoms with van der Waals surface area (Å²) in [5, 5.41) is 0. The first-order valence-corrected chi connectivity index (χ1v) is 33.9. The summed E-state index contributed by atoms with van der Waals surface area (Å²) in [6, 6.07) is 0. The Labute approximate surface area is 440 Å². The van der Waals surface area contributed by atoms with Gasteiger partial charge in [-0.3, -0.25) is 0 Å². The van der Waals surface area contributed by atoms with Crippen molar-refractivity contribution in [3.63, 3.8) is 0 Å². The van der Waals surface area contributed by atoms with E-state index in [0.717, 1.165) is 25.0 Å². The molecule has 0 saturated heterocycles. The summed E-state index contributed by atoms with van der Waals surface area (Å²) in [6.45, 7) is 11.3. The van der Waals surface area contributed by atoms with Gasteiger partial charge in [-0.05, 0) is 24.7 Å². The van der Waals surface area contributed by atoms with E-state index in [1.54, 1.807) is 0 Å². The van der Waals surface area contributed by atoms with Crippen LogP contribution in [0.15, 0.2) is 0 Å². The Morgan fingerprint density at radius 2 is 0.290 bits per heavy atom. The molecule has 0 aromatic heterocycles. The van der Waals surface area contributed by atoms with Crippen molar-refractivity contribution >= 4 is 0 Å². The Kier molecular flexibility index (Phi) is 64.0. The second-order valence-electron chi connectivity index (χ2n) is 23.8. The largest absolute Gasteiger partial charge is 0.381 e. The number of hydrogen-bond acceptors (Lipinski definition) is 1. The molecule has 0 aromatic carbocycles. The smallest absolute Gasteiger partial charge is 0.0466 e. The maximum atomic E-state index is 6.24. The molecule has 0 heterocycles. The molecule has 0 spiro atoms. The van der Waals surface area contributed by atoms with Gasteiger partial charge in [0.1, 0.15) is 0 Å². The van der Waals surface area contributed by atoms with Gasteiger partial charge in [-0.2, -0.15) is 0 Å². The van der Waals surface area contributed by atoms with Gasteiger partial charge in [0.2, 0.25) is 0 Å². The van der Waals surface area contributed by atoms with E-state index in [9.17, 15) is 0 Å². The molecule has 0 rings (SSSR count). The Morgan fingerprint density at radius 3 is 0.449 bits per heavy atom. The molecule has 69 heavy (non-hydrogen) atoms. The molecule has 0 bridgehead atoms. The predicted octanol–water partition coefficient (Wildman–Crippen LogP) is 25.7. The Balaban J connectivity index is 4.32. The van der Waals surface area contributed by atoms with Crippen LogP contribution in [0.2, 0.25) is 0 Å². The SMILES string of the molecule is CCCCCCCCCCCCCCCCC(CCCCCCCCCCCC)CCCCCOCCCCCC(CCCCCCCCCCCC)CCCCCCCCCCCCCCCC. The first-order chi connectivity index (χ1) is 34.3. The molecule has 0 aliphatic rings. The number of ether oxygens (including phenoxy) is 1. The minimum Gasteiger partial charge on any atom is -0.381 e. The van der Waals surface area contributed by atoms with E-state index in [4.69, 9.17) is 4.74 Å². The molecule has 0 fully saturated rings. The van der Waals surface area contributed by atoms with E-state index in [0.29, 0.717) is 0 Å². The van der Waals surface area contributed by atoms with E-state index in [-0.39, 0.29) is 0 Å². The molecule has 0 aliphatic heterocycles. The highest BCUT2D eigenvalue weighted by Crippen LogP contribution is 2.27. The van der Waals surface area contributed by atoms with E-state index in [1.165, 1.54) is 385 Å². The minimum atomic E-state index is 0.987. The van der Waals surface area contributed by atoms with Crippen LogP contribution >= 0.6 is 0 Å². The molecular formula is C68H138O. The summed E-state index contributed by atoms with van der Waals surface area (Å²) in [4.78, 5) is 0. The van der Waals surface area contributed by atoms with Crippen molar-refractivity contribution in [2.24, 2.45) is 11.8 Å². The van der Waals surface area contributed by atoms with Gasteiger partial charge in [0.25, 0.3) is 0 Å². The molecule has 0 saturated carbocycles. The lowest BCUT2D eigenvalue weighted by Crippen LogP contribution is -2.03. The molecule has 2 unspecified atom stereocenters. The minimum absolute atomic E-state index is 0.987. The van der Waals surface area contributed by atoms with Crippen LogP contribution in [0.4, 0.5) is 0 Å². The van der Waals surface area contributed by atoms with Crippen LogP contribution in [-0.4, -0.2) is 13.2 Å². The van der Waals surface area contributed by atoms with E-state index >= 15 is 0 Å². The van der Waals surface area contributed by atoms with Crippen LogP contribution in [0, 0.1) is 11.8 Å². The summed E-state index contributed by atoms with van der Waals surface area (Å²) < 4.78 is 6.24. The van der Waals surface area contributed by atoms with Crippen LogP contribution in [-0.2, 0) is 4.74 Å². The van der Waals surface area contributed by atoms with E-state index in [2.05, 4.69) is 27.7 Å². The number of unbranched alkanes of at least 4 members (excludes halogenated alkanes) is 48. The fraction of sp³-hybridized carbons (Fsp3) is 1.00. The topological polar surface area (TPSA) is 9.23 Å². The lowest BCUT2D eigenvalue weighted by Gasteiger charge is -2.17. The molecule has 0 aliphatic carbocycles. The molecular weight excluding hydrogens is 833 g/mol. The summed E-state index contributed by atoms with van der Waals surface area (Å²) in [7, 11) is 0. The number of hydrogen-bond donors (Lipinski definition) is 0. The highest BCUT2D eigenvalue weighted by molar-refractivity contribution is 4.64. The monoisotopic (exact) mass is 971 g/mol. The molecule has 0 N–H and O–H groups in total. The summed E-state index contributed by atoms with van der Waals surface area (Å²) in [5.74, 6) is 1.97. The first kappa shape index (κ1) is 69.0. The summed E-state index contributed by atoms with van der Waals surface area (Å²) in [6.07, 6.45) is 87.6. The van der Waals surface area contributed by atoms with Crippen molar-refractivity contribution in [1.29, 1.82) is 0 Å². The van der Waals surface area contributed by atoms with E-state index in [1.807, 2.05) is 0 Å². The van der Waals surface area contributed by atoms with Gasteiger partial charge in [-0.25, -0.2) is 0 Å². The second kappa shape index (κ2) is 64.1. The third-order valence-electron chi connectivity index (χ3n) is 16.7. The van der Waals surface area contributed by atoms with Crippen LogP contribution < -0.4 is 0 Å². The molecule has 1 nitrogen and oxygen atoms in total. The number of rotatable bonds is 64. The van der Waals surface area contributed by atoms with Crippen LogP contribution in [0.3, 0.4) is 0 Å². The Morgan fingerprint density at radius 1 is 0.159 bits per heavy atom. The highest BCUT2D eigenvalue weighted by atomic mass is 16.5. The first-order valence-electron chi connectivity index (χ1n) is 33.9.